The molecule has 28 heavy (non-hydrogen) atoms. The minimum absolute atomic E-state index is 0.0298. The summed E-state index contributed by atoms with van der Waals surface area (Å²) in [5.74, 6) is 0. The highest BCUT2D eigenvalue weighted by Crippen LogP contribution is 2.41. The van der Waals surface area contributed by atoms with Gasteiger partial charge in [0.05, 0.1) is 18.1 Å². The number of para-hydroxylation sites is 1. The normalized spacial score (nSPS) is 24.2. The number of rotatable bonds is 5. The monoisotopic (exact) mass is 374 g/mol. The van der Waals surface area contributed by atoms with Crippen molar-refractivity contribution < 1.29 is 4.74 Å². The lowest BCUT2D eigenvalue weighted by Gasteiger charge is -2.44. The first-order valence-corrected chi connectivity index (χ1v) is 9.49. The quantitative estimate of drug-likeness (QED) is 0.694. The van der Waals surface area contributed by atoms with E-state index in [9.17, 15) is 5.26 Å². The highest BCUT2D eigenvalue weighted by molar-refractivity contribution is 5.65. The SMILES string of the molecule is COC1(NCc2ccccc2)C(C#N)=[C]N(C2CNCCN2)c2ccccc21. The average molecular weight is 374 g/mol. The van der Waals surface area contributed by atoms with Gasteiger partial charge in [0.15, 0.2) is 5.72 Å². The number of nitriles is 1. The van der Waals surface area contributed by atoms with Crippen LogP contribution in [0, 0.1) is 17.5 Å². The Morgan fingerprint density at radius 1 is 1.21 bits per heavy atom. The number of fused-ring (bicyclic) bond motifs is 1. The van der Waals surface area contributed by atoms with Gasteiger partial charge in [-0.15, -0.1) is 0 Å². The molecular formula is C22H24N5O. The van der Waals surface area contributed by atoms with Crippen LogP contribution in [0.3, 0.4) is 0 Å². The van der Waals surface area contributed by atoms with E-state index in [0.717, 1.165) is 36.4 Å². The molecule has 2 aliphatic rings. The molecule has 0 spiro atoms. The van der Waals surface area contributed by atoms with Gasteiger partial charge >= 0.3 is 0 Å². The Morgan fingerprint density at radius 3 is 2.71 bits per heavy atom. The number of nitrogens with one attached hydrogen (secondary N) is 3. The van der Waals surface area contributed by atoms with Crippen LogP contribution in [-0.4, -0.2) is 32.9 Å². The number of nitrogens with zero attached hydrogens (tertiary/aromatic N) is 2. The summed E-state index contributed by atoms with van der Waals surface area (Å²) in [5.41, 5.74) is 2.38. The minimum atomic E-state index is -1.04. The average Bonchev–Trinajstić information content (AvgIpc) is 2.78. The summed E-state index contributed by atoms with van der Waals surface area (Å²) < 4.78 is 5.97. The Bertz CT molecular complexity index is 885. The predicted octanol–water partition coefficient (Wildman–Crippen LogP) is 1.83. The van der Waals surface area contributed by atoms with E-state index in [4.69, 9.17) is 4.74 Å². The lowest BCUT2D eigenvalue weighted by atomic mass is 9.89. The summed E-state index contributed by atoms with van der Waals surface area (Å²) >= 11 is 0. The molecular weight excluding hydrogens is 350 g/mol. The third-order valence-electron chi connectivity index (χ3n) is 5.26. The molecule has 0 amide bonds. The van der Waals surface area contributed by atoms with Crippen LogP contribution in [0.2, 0.25) is 0 Å². The van der Waals surface area contributed by atoms with Crippen LogP contribution in [0.25, 0.3) is 0 Å². The molecule has 0 saturated carbocycles. The number of ether oxygens (including phenoxy) is 1. The first-order valence-electron chi connectivity index (χ1n) is 9.49. The van der Waals surface area contributed by atoms with Gasteiger partial charge in [0.25, 0.3) is 0 Å². The van der Waals surface area contributed by atoms with Crippen LogP contribution in [0.1, 0.15) is 11.1 Å². The van der Waals surface area contributed by atoms with Crippen LogP contribution in [0.15, 0.2) is 60.2 Å². The number of anilines is 1. The van der Waals surface area contributed by atoms with Gasteiger partial charge in [0, 0.05) is 38.9 Å². The predicted molar refractivity (Wildman–Crippen MR) is 108 cm³/mol. The number of hydrogen-bond acceptors (Lipinski definition) is 6. The van der Waals surface area contributed by atoms with Gasteiger partial charge in [-0.05, 0) is 11.6 Å². The van der Waals surface area contributed by atoms with Gasteiger partial charge in [-0.25, -0.2) is 0 Å². The van der Waals surface area contributed by atoms with Gasteiger partial charge in [0.2, 0.25) is 0 Å². The van der Waals surface area contributed by atoms with E-state index < -0.39 is 5.72 Å². The highest BCUT2D eigenvalue weighted by Gasteiger charge is 2.44. The van der Waals surface area contributed by atoms with Crippen LogP contribution < -0.4 is 20.9 Å². The molecule has 0 bridgehead atoms. The van der Waals surface area contributed by atoms with Crippen LogP contribution in [0.4, 0.5) is 5.69 Å². The molecule has 1 radical (unpaired) electrons. The van der Waals surface area contributed by atoms with E-state index in [0.29, 0.717) is 12.1 Å². The first-order chi connectivity index (χ1) is 13.8. The Balaban J connectivity index is 1.74. The van der Waals surface area contributed by atoms with E-state index in [2.05, 4.69) is 40.4 Å². The van der Waals surface area contributed by atoms with Crippen molar-refractivity contribution in [3.05, 3.63) is 77.5 Å². The number of methoxy groups -OCH3 is 1. The Morgan fingerprint density at radius 2 is 2.00 bits per heavy atom. The molecule has 2 aromatic carbocycles. The Kier molecular flexibility index (Phi) is 5.42. The summed E-state index contributed by atoms with van der Waals surface area (Å²) in [6.45, 7) is 3.15. The third-order valence-corrected chi connectivity index (χ3v) is 5.26. The number of hydrogen-bond donors (Lipinski definition) is 3. The second-order valence-electron chi connectivity index (χ2n) is 6.88. The molecule has 4 rings (SSSR count). The van der Waals surface area contributed by atoms with Gasteiger partial charge in [-0.1, -0.05) is 48.5 Å². The molecule has 0 aliphatic carbocycles. The van der Waals surface area contributed by atoms with E-state index in [-0.39, 0.29) is 6.17 Å². The minimum Gasteiger partial charge on any atom is -0.354 e. The van der Waals surface area contributed by atoms with Crippen molar-refractivity contribution in [3.8, 4) is 6.07 Å². The van der Waals surface area contributed by atoms with E-state index in [1.54, 1.807) is 7.11 Å². The van der Waals surface area contributed by atoms with Gasteiger partial charge in [-0.2, -0.15) is 5.26 Å². The summed E-state index contributed by atoms with van der Waals surface area (Å²) in [5, 5.41) is 20.3. The molecule has 143 valence electrons. The number of piperazine rings is 1. The van der Waals surface area contributed by atoms with Crippen molar-refractivity contribution in [2.45, 2.75) is 18.4 Å². The van der Waals surface area contributed by atoms with Crippen LogP contribution in [0.5, 0.6) is 0 Å². The van der Waals surface area contributed by atoms with Crippen molar-refractivity contribution in [2.24, 2.45) is 0 Å². The second-order valence-corrected chi connectivity index (χ2v) is 6.88. The molecule has 2 atom stereocenters. The zero-order valence-corrected chi connectivity index (χ0v) is 15.9. The van der Waals surface area contributed by atoms with Crippen molar-refractivity contribution in [1.29, 1.82) is 5.26 Å². The first kappa shape index (κ1) is 18.7. The molecule has 6 nitrogen and oxygen atoms in total. The highest BCUT2D eigenvalue weighted by atomic mass is 16.5. The van der Waals surface area contributed by atoms with Crippen molar-refractivity contribution in [2.75, 3.05) is 31.6 Å². The molecule has 2 aromatic rings. The number of benzene rings is 2. The summed E-state index contributed by atoms with van der Waals surface area (Å²) in [4.78, 5) is 2.02. The van der Waals surface area contributed by atoms with Crippen molar-refractivity contribution in [3.63, 3.8) is 0 Å². The smallest absolute Gasteiger partial charge is 0.185 e. The van der Waals surface area contributed by atoms with Crippen LogP contribution in [-0.2, 0) is 17.0 Å². The second kappa shape index (κ2) is 8.13. The fourth-order valence-corrected chi connectivity index (χ4v) is 3.84. The van der Waals surface area contributed by atoms with Crippen molar-refractivity contribution in [1.82, 2.24) is 16.0 Å². The third kappa shape index (κ3) is 3.30. The topological polar surface area (TPSA) is 72.3 Å². The largest absolute Gasteiger partial charge is 0.354 e. The molecule has 3 N–H and O–H groups in total. The zero-order chi connectivity index (χ0) is 19.4. The van der Waals surface area contributed by atoms with E-state index in [1.807, 2.05) is 47.4 Å². The fraction of sp³-hybridized carbons (Fsp3) is 0.318. The van der Waals surface area contributed by atoms with Gasteiger partial charge in [0.1, 0.15) is 11.6 Å². The van der Waals surface area contributed by atoms with E-state index >= 15 is 0 Å². The molecule has 2 unspecified atom stereocenters. The molecule has 2 aliphatic heterocycles. The van der Waals surface area contributed by atoms with Gasteiger partial charge < -0.3 is 15.0 Å². The Hall–Kier alpha value is -2.69. The molecule has 0 aromatic heterocycles. The zero-order valence-electron chi connectivity index (χ0n) is 15.9. The molecule has 6 heteroatoms. The fourth-order valence-electron chi connectivity index (χ4n) is 3.84. The Labute approximate surface area is 165 Å². The molecule has 2 heterocycles. The summed E-state index contributed by atoms with van der Waals surface area (Å²) in [6.07, 6.45) is 3.34. The maximum Gasteiger partial charge on any atom is 0.185 e. The van der Waals surface area contributed by atoms with Crippen LogP contribution >= 0.6 is 0 Å². The molecule has 1 saturated heterocycles. The maximum absolute atomic E-state index is 9.96. The summed E-state index contributed by atoms with van der Waals surface area (Å²) in [6, 6.07) is 20.4. The van der Waals surface area contributed by atoms with Gasteiger partial charge in [-0.3, -0.25) is 10.6 Å². The van der Waals surface area contributed by atoms with Crippen molar-refractivity contribution >= 4 is 5.69 Å². The maximum atomic E-state index is 9.96. The summed E-state index contributed by atoms with van der Waals surface area (Å²) in [7, 11) is 1.63. The lowest BCUT2D eigenvalue weighted by Crippen LogP contribution is -2.58. The standard InChI is InChI=1S/C22H24N5O/c1-28-22(26-14-17-7-3-2-4-8-17)18(13-23)16-27(21-15-24-11-12-25-21)20-10-6-5-9-19(20)22/h2-10,21,24-26H,11-12,14-15H2,1H3. The molecule has 1 fully saturated rings. The van der Waals surface area contributed by atoms with E-state index in [1.165, 1.54) is 0 Å². The lowest BCUT2D eigenvalue weighted by molar-refractivity contribution is -0.0121.